The van der Waals surface area contributed by atoms with Crippen molar-refractivity contribution in [1.82, 2.24) is 20.5 Å². The molecule has 0 aliphatic rings. The van der Waals surface area contributed by atoms with Crippen LogP contribution in [0.15, 0.2) is 11.2 Å². The largest absolute Gasteiger partial charge is 0.444 e. The summed E-state index contributed by atoms with van der Waals surface area (Å²) in [4.78, 5) is 24.2. The number of halogens is 1. The number of aliphatic imine (C=N–C) groups is 1. The first-order chi connectivity index (χ1) is 12.7. The average Bonchev–Trinajstić information content (AvgIpc) is 2.97. The van der Waals surface area contributed by atoms with Gasteiger partial charge in [-0.05, 0) is 41.0 Å². The molecule has 0 saturated carbocycles. The second-order valence-electron chi connectivity index (χ2n) is 7.27. The number of carbonyl (C=O) groups is 1. The van der Waals surface area contributed by atoms with E-state index in [0.29, 0.717) is 26.2 Å². The number of hydrogen-bond acceptors (Lipinski definition) is 5. The van der Waals surface area contributed by atoms with Gasteiger partial charge >= 0.3 is 6.09 Å². The van der Waals surface area contributed by atoms with E-state index >= 15 is 0 Å². The van der Waals surface area contributed by atoms with Crippen LogP contribution in [0.5, 0.6) is 0 Å². The molecule has 0 aromatic carbocycles. The lowest BCUT2D eigenvalue weighted by molar-refractivity contribution is 0.0253. The third-order valence-electron chi connectivity index (χ3n) is 3.43. The van der Waals surface area contributed by atoms with E-state index in [9.17, 15) is 4.79 Å². The van der Waals surface area contributed by atoms with Crippen LogP contribution >= 0.6 is 35.3 Å². The Bertz CT molecular complexity index is 601. The lowest BCUT2D eigenvalue weighted by atomic mass is 10.2. The first-order valence-electron chi connectivity index (χ1n) is 9.66. The molecule has 0 unspecified atom stereocenters. The number of amides is 1. The Morgan fingerprint density at radius 1 is 1.29 bits per heavy atom. The van der Waals surface area contributed by atoms with Gasteiger partial charge in [-0.1, -0.05) is 6.92 Å². The van der Waals surface area contributed by atoms with Gasteiger partial charge in [0, 0.05) is 50.2 Å². The van der Waals surface area contributed by atoms with E-state index in [1.165, 1.54) is 4.88 Å². The van der Waals surface area contributed by atoms with Crippen LogP contribution in [0.4, 0.5) is 4.79 Å². The van der Waals surface area contributed by atoms with Crippen molar-refractivity contribution in [2.75, 3.05) is 32.7 Å². The van der Waals surface area contributed by atoms with Gasteiger partial charge in [0.05, 0.1) is 5.01 Å². The van der Waals surface area contributed by atoms with E-state index in [1.54, 1.807) is 16.2 Å². The van der Waals surface area contributed by atoms with Crippen LogP contribution < -0.4 is 10.6 Å². The van der Waals surface area contributed by atoms with Crippen molar-refractivity contribution in [3.63, 3.8) is 0 Å². The number of aryl methyl sites for hydroxylation is 1. The van der Waals surface area contributed by atoms with Gasteiger partial charge in [-0.2, -0.15) is 0 Å². The molecule has 162 valence electrons. The number of nitrogens with one attached hydrogen (secondary N) is 2. The van der Waals surface area contributed by atoms with Crippen molar-refractivity contribution in [3.8, 4) is 0 Å². The summed E-state index contributed by atoms with van der Waals surface area (Å²) >= 11 is 1.71. The van der Waals surface area contributed by atoms with Crippen molar-refractivity contribution >= 4 is 47.4 Å². The van der Waals surface area contributed by atoms with Crippen LogP contribution in [0.2, 0.25) is 0 Å². The Morgan fingerprint density at radius 3 is 2.54 bits per heavy atom. The molecule has 9 heteroatoms. The molecule has 0 atom stereocenters. The van der Waals surface area contributed by atoms with E-state index in [1.807, 2.05) is 33.9 Å². The maximum Gasteiger partial charge on any atom is 0.410 e. The van der Waals surface area contributed by atoms with Crippen molar-refractivity contribution in [3.05, 3.63) is 16.1 Å². The Morgan fingerprint density at radius 2 is 2.00 bits per heavy atom. The van der Waals surface area contributed by atoms with E-state index in [-0.39, 0.29) is 30.1 Å². The Labute approximate surface area is 190 Å². The smallest absolute Gasteiger partial charge is 0.410 e. The molecule has 0 radical (unpaired) electrons. The second kappa shape index (κ2) is 14.0. The summed E-state index contributed by atoms with van der Waals surface area (Å²) in [6.07, 6.45) is 3.34. The molecule has 7 nitrogen and oxygen atoms in total. The van der Waals surface area contributed by atoms with Crippen molar-refractivity contribution in [2.45, 2.75) is 60.0 Å². The highest BCUT2D eigenvalue weighted by molar-refractivity contribution is 14.0. The maximum atomic E-state index is 12.3. The van der Waals surface area contributed by atoms with Gasteiger partial charge in [0.15, 0.2) is 5.96 Å². The highest BCUT2D eigenvalue weighted by Crippen LogP contribution is 2.11. The predicted molar refractivity (Wildman–Crippen MR) is 128 cm³/mol. The quantitative estimate of drug-likeness (QED) is 0.291. The van der Waals surface area contributed by atoms with E-state index < -0.39 is 5.60 Å². The molecular formula is C19H36IN5O2S. The van der Waals surface area contributed by atoms with Crippen LogP contribution in [0.1, 0.15) is 50.9 Å². The van der Waals surface area contributed by atoms with Gasteiger partial charge in [0.25, 0.3) is 0 Å². The first-order valence-corrected chi connectivity index (χ1v) is 10.5. The molecule has 1 aromatic heterocycles. The molecule has 0 aliphatic carbocycles. The molecule has 1 heterocycles. The molecule has 0 bridgehead atoms. The van der Waals surface area contributed by atoms with Crippen LogP contribution in [0, 0.1) is 6.92 Å². The predicted octanol–water partition coefficient (Wildman–Crippen LogP) is 3.81. The van der Waals surface area contributed by atoms with Crippen molar-refractivity contribution in [1.29, 1.82) is 0 Å². The fraction of sp³-hybridized carbons (Fsp3) is 0.737. The number of hydrogen-bond donors (Lipinski definition) is 2. The normalized spacial score (nSPS) is 11.6. The number of nitrogens with zero attached hydrogens (tertiary/aromatic N) is 3. The van der Waals surface area contributed by atoms with E-state index in [0.717, 1.165) is 30.4 Å². The zero-order valence-electron chi connectivity index (χ0n) is 18.0. The Hall–Kier alpha value is -1.10. The van der Waals surface area contributed by atoms with Crippen molar-refractivity contribution in [2.24, 2.45) is 4.99 Å². The third kappa shape index (κ3) is 11.7. The molecule has 1 aromatic rings. The maximum absolute atomic E-state index is 12.3. The topological polar surface area (TPSA) is 78.9 Å². The minimum atomic E-state index is -0.485. The molecule has 1 amide bonds. The highest BCUT2D eigenvalue weighted by atomic mass is 127. The molecule has 28 heavy (non-hydrogen) atoms. The number of thiazole rings is 1. The lowest BCUT2D eigenvalue weighted by Gasteiger charge is -2.27. The standard InChI is InChI=1S/C19H35N5O2S.HI/c1-7-12-24(18(25)26-19(4,5)6)13-11-22-17(20-8-2)21-10-9-16-23-14-15(3)27-16;/h14H,7-13H2,1-6H3,(H2,20,21,22);1H. The molecule has 2 N–H and O–H groups in total. The number of guanidine groups is 1. The third-order valence-corrected chi connectivity index (χ3v) is 4.40. The van der Waals surface area contributed by atoms with Crippen LogP contribution in [0.25, 0.3) is 0 Å². The molecule has 0 fully saturated rings. The summed E-state index contributed by atoms with van der Waals surface area (Å²) in [6, 6.07) is 0. The molecule has 1 rings (SSSR count). The molecule has 0 saturated heterocycles. The summed E-state index contributed by atoms with van der Waals surface area (Å²) in [5.41, 5.74) is -0.485. The average molecular weight is 526 g/mol. The molecule has 0 aliphatic heterocycles. The number of rotatable bonds is 9. The SMILES string of the molecule is CCCN(CCNC(=NCCc1ncc(C)s1)NCC)C(=O)OC(C)(C)C.I. The monoisotopic (exact) mass is 525 g/mol. The summed E-state index contributed by atoms with van der Waals surface area (Å²) in [7, 11) is 0. The Balaban J connectivity index is 0.00000729. The zero-order valence-corrected chi connectivity index (χ0v) is 21.1. The summed E-state index contributed by atoms with van der Waals surface area (Å²) in [6.45, 7) is 15.1. The van der Waals surface area contributed by atoms with Gasteiger partial charge in [-0.3, -0.25) is 4.99 Å². The summed E-state index contributed by atoms with van der Waals surface area (Å²) in [5.74, 6) is 0.756. The second-order valence-corrected chi connectivity index (χ2v) is 8.59. The lowest BCUT2D eigenvalue weighted by Crippen LogP contribution is -2.44. The fourth-order valence-corrected chi connectivity index (χ4v) is 3.10. The number of ether oxygens (including phenoxy) is 1. The van der Waals surface area contributed by atoms with Gasteiger partial charge in [0.1, 0.15) is 5.60 Å². The van der Waals surface area contributed by atoms with Crippen LogP contribution in [-0.4, -0.2) is 60.3 Å². The summed E-state index contributed by atoms with van der Waals surface area (Å²) in [5, 5.41) is 7.63. The van der Waals surface area contributed by atoms with Crippen LogP contribution in [-0.2, 0) is 11.2 Å². The minimum absolute atomic E-state index is 0. The van der Waals surface area contributed by atoms with Crippen LogP contribution in [0.3, 0.4) is 0 Å². The zero-order chi connectivity index (χ0) is 20.3. The minimum Gasteiger partial charge on any atom is -0.444 e. The first kappa shape index (κ1) is 26.9. The van der Waals surface area contributed by atoms with Gasteiger partial charge in [0.2, 0.25) is 0 Å². The van der Waals surface area contributed by atoms with Gasteiger partial charge in [-0.25, -0.2) is 9.78 Å². The summed E-state index contributed by atoms with van der Waals surface area (Å²) < 4.78 is 5.48. The van der Waals surface area contributed by atoms with E-state index in [4.69, 9.17) is 4.74 Å². The fourth-order valence-electron chi connectivity index (χ4n) is 2.32. The number of carbonyl (C=O) groups excluding carboxylic acids is 1. The van der Waals surface area contributed by atoms with E-state index in [2.05, 4.69) is 34.5 Å². The number of aromatic nitrogens is 1. The van der Waals surface area contributed by atoms with Gasteiger partial charge < -0.3 is 20.3 Å². The molecular weight excluding hydrogens is 489 g/mol. The Kier molecular flexibility index (Phi) is 13.4. The van der Waals surface area contributed by atoms with Crippen molar-refractivity contribution < 1.29 is 9.53 Å². The molecule has 0 spiro atoms. The van der Waals surface area contributed by atoms with Gasteiger partial charge in [-0.15, -0.1) is 35.3 Å². The highest BCUT2D eigenvalue weighted by Gasteiger charge is 2.21.